The van der Waals surface area contributed by atoms with Crippen molar-refractivity contribution in [3.05, 3.63) is 97.2 Å². The summed E-state index contributed by atoms with van der Waals surface area (Å²) in [5.41, 5.74) is -0.294. The third-order valence-electron chi connectivity index (χ3n) is 8.22. The second kappa shape index (κ2) is 13.9. The van der Waals surface area contributed by atoms with Crippen LogP contribution in [0.1, 0.15) is 63.2 Å². The molecule has 0 bridgehead atoms. The maximum absolute atomic E-state index is 14.5. The Kier molecular flexibility index (Phi) is 9.57. The highest BCUT2D eigenvalue weighted by molar-refractivity contribution is 7.99. The minimum atomic E-state index is -4.72. The lowest BCUT2D eigenvalue weighted by atomic mass is 10.1. The highest BCUT2D eigenvalue weighted by Crippen LogP contribution is 2.42. The number of aryl methyl sites for hydroxylation is 3. The number of alkyl halides is 3. The zero-order valence-electron chi connectivity index (χ0n) is 26.4. The molecule has 7 rings (SSSR count). The molecule has 14 heteroatoms. The summed E-state index contributed by atoms with van der Waals surface area (Å²) < 4.78 is 49.8. The van der Waals surface area contributed by atoms with Crippen molar-refractivity contribution >= 4 is 72.6 Å². The topological polar surface area (TPSA) is 87.0 Å². The van der Waals surface area contributed by atoms with E-state index in [0.717, 1.165) is 63.4 Å². The Hall–Kier alpha value is -3.72. The van der Waals surface area contributed by atoms with Gasteiger partial charge in [-0.25, -0.2) is 19.7 Å². The highest BCUT2D eigenvalue weighted by atomic mass is 32.2. The van der Waals surface area contributed by atoms with Crippen LogP contribution in [0.25, 0.3) is 26.1 Å². The quantitative estimate of drug-likeness (QED) is 0.0502. The number of halogens is 3. The van der Waals surface area contributed by atoms with Gasteiger partial charge >= 0.3 is 12.1 Å². The molecule has 0 saturated heterocycles. The molecule has 1 aliphatic carbocycles. The van der Waals surface area contributed by atoms with E-state index in [0.29, 0.717) is 53.9 Å². The van der Waals surface area contributed by atoms with Crippen molar-refractivity contribution in [2.24, 2.45) is 0 Å². The third kappa shape index (κ3) is 6.63. The molecule has 4 aromatic heterocycles. The molecule has 0 saturated carbocycles. The van der Waals surface area contributed by atoms with Crippen LogP contribution in [0.5, 0.6) is 0 Å². The molecule has 0 N–H and O–H groups in total. The van der Waals surface area contributed by atoms with Crippen LogP contribution in [-0.4, -0.2) is 32.1 Å². The number of para-hydroxylation sites is 1. The van der Waals surface area contributed by atoms with Crippen LogP contribution in [0.4, 0.5) is 13.2 Å². The number of thiophene rings is 2. The van der Waals surface area contributed by atoms with Crippen molar-refractivity contribution in [3.8, 4) is 5.69 Å². The molecule has 0 amide bonds. The van der Waals surface area contributed by atoms with Gasteiger partial charge in [0.1, 0.15) is 25.4 Å². The number of ether oxygens (including phenoxy) is 1. The largest absolute Gasteiger partial charge is 0.462 e. The summed E-state index contributed by atoms with van der Waals surface area (Å²) in [4.78, 5) is 45.6. The first-order chi connectivity index (χ1) is 23.6. The van der Waals surface area contributed by atoms with E-state index >= 15 is 0 Å². The van der Waals surface area contributed by atoms with E-state index in [2.05, 4.69) is 0 Å². The van der Waals surface area contributed by atoms with Crippen molar-refractivity contribution in [2.75, 3.05) is 6.61 Å². The minimum absolute atomic E-state index is 0.0514. The number of fused-ring (bicyclic) bond motifs is 4. The number of esters is 1. The first-order valence-electron chi connectivity index (χ1n) is 15.7. The summed E-state index contributed by atoms with van der Waals surface area (Å²) in [6.07, 6.45) is -0.332. The fraction of sp³-hybridized carbons (Fsp3) is 0.286. The van der Waals surface area contributed by atoms with Crippen molar-refractivity contribution in [2.45, 2.75) is 73.0 Å². The Morgan fingerprint density at radius 2 is 1.67 bits per heavy atom. The summed E-state index contributed by atoms with van der Waals surface area (Å²) in [6, 6.07) is 14.8. The van der Waals surface area contributed by atoms with Crippen LogP contribution in [0.15, 0.2) is 74.5 Å². The molecule has 4 heterocycles. The molecule has 0 spiro atoms. The van der Waals surface area contributed by atoms with E-state index in [1.165, 1.54) is 52.6 Å². The Balaban J connectivity index is 1.45. The van der Waals surface area contributed by atoms with Crippen LogP contribution in [0.3, 0.4) is 0 Å². The molecule has 0 unspecified atom stereocenters. The molecule has 49 heavy (non-hydrogen) atoms. The molecule has 7 nitrogen and oxygen atoms in total. The van der Waals surface area contributed by atoms with Gasteiger partial charge in [0.25, 0.3) is 5.56 Å². The van der Waals surface area contributed by atoms with Gasteiger partial charge in [0.15, 0.2) is 5.16 Å². The average molecular weight is 739 g/mol. The lowest BCUT2D eigenvalue weighted by Gasteiger charge is -2.17. The number of hydrogen-bond acceptors (Lipinski definition) is 10. The van der Waals surface area contributed by atoms with Gasteiger partial charge in [-0.05, 0) is 86.7 Å². The van der Waals surface area contributed by atoms with Gasteiger partial charge < -0.3 is 4.74 Å². The van der Waals surface area contributed by atoms with E-state index in [4.69, 9.17) is 19.7 Å². The standard InChI is InChI=1S/C35H29F3N4O3S4/c1-3-45-33(44)28-19(2)26-29(48-28)39-25(18-46-20-12-6-4-7-13-20)40-30(26)49-34-41-31-27(21-14-8-5-9-17-24(21)47-31)32(43)42(34)23-16-11-10-15-22(23)35(36,37)38/h4,6-7,10-13,15-16H,3,5,8-9,14,17-18H2,1-2H3. The van der Waals surface area contributed by atoms with Crippen LogP contribution in [0, 0.1) is 6.92 Å². The fourth-order valence-electron chi connectivity index (χ4n) is 5.98. The second-order valence-corrected chi connectivity index (χ2v) is 15.5. The first-order valence-corrected chi connectivity index (χ1v) is 19.1. The van der Waals surface area contributed by atoms with Crippen molar-refractivity contribution in [1.82, 2.24) is 19.5 Å². The molecule has 252 valence electrons. The number of carbonyl (C=O) groups excluding carboxylic acids is 1. The first kappa shape index (κ1) is 33.8. The number of hydrogen-bond donors (Lipinski definition) is 0. The predicted octanol–water partition coefficient (Wildman–Crippen LogP) is 9.67. The monoisotopic (exact) mass is 738 g/mol. The zero-order valence-corrected chi connectivity index (χ0v) is 29.7. The van der Waals surface area contributed by atoms with Crippen LogP contribution >= 0.6 is 46.2 Å². The van der Waals surface area contributed by atoms with E-state index in [-0.39, 0.29) is 17.5 Å². The van der Waals surface area contributed by atoms with Crippen molar-refractivity contribution in [1.29, 1.82) is 0 Å². The van der Waals surface area contributed by atoms with Gasteiger partial charge in [0.05, 0.1) is 29.0 Å². The van der Waals surface area contributed by atoms with Crippen molar-refractivity contribution in [3.63, 3.8) is 0 Å². The molecule has 2 aromatic carbocycles. The SMILES string of the molecule is CCOC(=O)c1sc2nc(CSc3ccccc3)nc(Sc3nc4sc5c(c4c(=O)n3-c3ccccc3C(F)(F)F)CCCCC5)c2c1C. The maximum atomic E-state index is 14.5. The van der Waals surface area contributed by atoms with Crippen molar-refractivity contribution < 1.29 is 22.7 Å². The molecule has 0 atom stereocenters. The lowest BCUT2D eigenvalue weighted by molar-refractivity contribution is -0.137. The Bertz CT molecular complexity index is 2260. The number of nitrogens with zero attached hydrogens (tertiary/aromatic N) is 4. The van der Waals surface area contributed by atoms with Gasteiger partial charge in [0, 0.05) is 15.2 Å². The smallest absolute Gasteiger partial charge is 0.418 e. The van der Waals surface area contributed by atoms with Gasteiger partial charge in [0.2, 0.25) is 0 Å². The fourth-order valence-corrected chi connectivity index (χ4v) is 10.3. The molecular formula is C35H29F3N4O3S4. The molecular weight excluding hydrogens is 710 g/mol. The summed E-state index contributed by atoms with van der Waals surface area (Å²) >= 11 is 5.16. The molecule has 6 aromatic rings. The third-order valence-corrected chi connectivity index (χ3v) is 12.5. The highest BCUT2D eigenvalue weighted by Gasteiger charge is 2.35. The normalized spacial score (nSPS) is 13.5. The van der Waals surface area contributed by atoms with Crippen LogP contribution in [-0.2, 0) is 29.5 Å². The average Bonchev–Trinajstić information content (AvgIpc) is 3.51. The molecule has 0 fully saturated rings. The molecule has 0 radical (unpaired) electrons. The maximum Gasteiger partial charge on any atom is 0.418 e. The number of benzene rings is 2. The van der Waals surface area contributed by atoms with Gasteiger partial charge in [-0.2, -0.15) is 13.2 Å². The summed E-state index contributed by atoms with van der Waals surface area (Å²) in [6.45, 7) is 3.69. The Morgan fingerprint density at radius 3 is 2.45 bits per heavy atom. The number of carbonyl (C=O) groups is 1. The summed E-state index contributed by atoms with van der Waals surface area (Å²) in [7, 11) is 0. The number of aromatic nitrogens is 4. The Morgan fingerprint density at radius 1 is 0.939 bits per heavy atom. The second-order valence-electron chi connectivity index (χ2n) is 11.4. The van der Waals surface area contributed by atoms with E-state index in [1.54, 1.807) is 13.8 Å². The molecule has 1 aliphatic rings. The van der Waals surface area contributed by atoms with E-state index in [9.17, 15) is 22.8 Å². The lowest BCUT2D eigenvalue weighted by Crippen LogP contribution is -2.24. The van der Waals surface area contributed by atoms with E-state index in [1.807, 2.05) is 30.3 Å². The summed E-state index contributed by atoms with van der Waals surface area (Å²) in [5, 5.41) is 1.39. The van der Waals surface area contributed by atoms with Gasteiger partial charge in [-0.1, -0.05) is 36.8 Å². The molecule has 0 aliphatic heterocycles. The van der Waals surface area contributed by atoms with Crippen LogP contribution in [0.2, 0.25) is 0 Å². The minimum Gasteiger partial charge on any atom is -0.462 e. The predicted molar refractivity (Wildman–Crippen MR) is 190 cm³/mol. The zero-order chi connectivity index (χ0) is 34.3. The van der Waals surface area contributed by atoms with Gasteiger partial charge in [-0.15, -0.1) is 34.4 Å². The van der Waals surface area contributed by atoms with Gasteiger partial charge in [-0.3, -0.25) is 9.36 Å². The summed E-state index contributed by atoms with van der Waals surface area (Å²) in [5.74, 6) is 0.372. The number of thioether (sulfide) groups is 1. The van der Waals surface area contributed by atoms with Crippen LogP contribution < -0.4 is 5.56 Å². The Labute approximate surface area is 296 Å². The van der Waals surface area contributed by atoms with E-state index < -0.39 is 23.3 Å². The number of rotatable bonds is 8.